The SMILES string of the molecule is C=C(CC(C)COC=O)[C@H]1CC=C(C)C1(C)C. The molecule has 0 saturated carbocycles. The Hall–Kier alpha value is -1.05. The molecule has 1 aliphatic rings. The maximum absolute atomic E-state index is 10.1. The molecule has 0 aromatic rings. The number of ether oxygens (including phenoxy) is 1. The molecule has 0 heterocycles. The lowest BCUT2D eigenvalue weighted by molar-refractivity contribution is -0.129. The van der Waals surface area contributed by atoms with Gasteiger partial charge in [0.1, 0.15) is 0 Å². The van der Waals surface area contributed by atoms with Gasteiger partial charge in [-0.3, -0.25) is 4.79 Å². The van der Waals surface area contributed by atoms with Crippen molar-refractivity contribution in [2.24, 2.45) is 17.3 Å². The van der Waals surface area contributed by atoms with Gasteiger partial charge in [0.25, 0.3) is 6.47 Å². The first-order valence-electron chi connectivity index (χ1n) is 6.29. The zero-order valence-corrected chi connectivity index (χ0v) is 11.5. The van der Waals surface area contributed by atoms with E-state index >= 15 is 0 Å². The Bertz CT molecular complexity index is 326. The van der Waals surface area contributed by atoms with Crippen LogP contribution < -0.4 is 0 Å². The normalized spacial score (nSPS) is 24.0. The Morgan fingerprint density at radius 3 is 2.82 bits per heavy atom. The van der Waals surface area contributed by atoms with Crippen molar-refractivity contribution in [2.45, 2.75) is 40.5 Å². The first kappa shape index (κ1) is 14.0. The highest BCUT2D eigenvalue weighted by Crippen LogP contribution is 2.47. The fraction of sp³-hybridized carbons (Fsp3) is 0.667. The second-order valence-corrected chi connectivity index (χ2v) is 5.79. The summed E-state index contributed by atoms with van der Waals surface area (Å²) < 4.78 is 4.80. The molecule has 96 valence electrons. The molecule has 2 heteroatoms. The Kier molecular flexibility index (Phi) is 4.55. The van der Waals surface area contributed by atoms with Crippen LogP contribution in [0.4, 0.5) is 0 Å². The van der Waals surface area contributed by atoms with Crippen LogP contribution in [0.2, 0.25) is 0 Å². The Morgan fingerprint density at radius 1 is 1.71 bits per heavy atom. The lowest BCUT2D eigenvalue weighted by atomic mass is 9.73. The third-order valence-electron chi connectivity index (χ3n) is 4.10. The molecule has 1 unspecified atom stereocenters. The second kappa shape index (κ2) is 5.52. The van der Waals surface area contributed by atoms with Crippen molar-refractivity contribution in [3.05, 3.63) is 23.8 Å². The van der Waals surface area contributed by atoms with Crippen molar-refractivity contribution in [2.75, 3.05) is 6.61 Å². The van der Waals surface area contributed by atoms with Crippen LogP contribution in [-0.4, -0.2) is 13.1 Å². The number of carbonyl (C=O) groups excluding carboxylic acids is 1. The van der Waals surface area contributed by atoms with Gasteiger partial charge in [0.15, 0.2) is 0 Å². The summed E-state index contributed by atoms with van der Waals surface area (Å²) >= 11 is 0. The zero-order chi connectivity index (χ0) is 13.1. The lowest BCUT2D eigenvalue weighted by Gasteiger charge is -2.32. The largest absolute Gasteiger partial charge is 0.468 e. The molecule has 2 nitrogen and oxygen atoms in total. The summed E-state index contributed by atoms with van der Waals surface area (Å²) in [7, 11) is 0. The van der Waals surface area contributed by atoms with Gasteiger partial charge < -0.3 is 4.74 Å². The molecule has 0 bridgehead atoms. The van der Waals surface area contributed by atoms with Crippen molar-refractivity contribution < 1.29 is 9.53 Å². The van der Waals surface area contributed by atoms with Crippen molar-refractivity contribution in [1.29, 1.82) is 0 Å². The smallest absolute Gasteiger partial charge is 0.293 e. The van der Waals surface area contributed by atoms with Crippen LogP contribution in [0.25, 0.3) is 0 Å². The highest BCUT2D eigenvalue weighted by molar-refractivity contribution is 5.36. The Balaban J connectivity index is 2.52. The van der Waals surface area contributed by atoms with E-state index in [1.165, 1.54) is 11.1 Å². The minimum Gasteiger partial charge on any atom is -0.468 e. The maximum atomic E-state index is 10.1. The molecule has 0 aromatic carbocycles. The molecule has 0 radical (unpaired) electrons. The fourth-order valence-corrected chi connectivity index (χ4v) is 2.66. The molecular formula is C15H24O2. The van der Waals surface area contributed by atoms with Gasteiger partial charge in [-0.1, -0.05) is 44.6 Å². The average molecular weight is 236 g/mol. The van der Waals surface area contributed by atoms with E-state index < -0.39 is 0 Å². The van der Waals surface area contributed by atoms with E-state index in [4.69, 9.17) is 4.74 Å². The van der Waals surface area contributed by atoms with E-state index in [9.17, 15) is 4.79 Å². The predicted molar refractivity (Wildman–Crippen MR) is 70.6 cm³/mol. The number of hydrogen-bond donors (Lipinski definition) is 0. The van der Waals surface area contributed by atoms with Gasteiger partial charge in [-0.25, -0.2) is 0 Å². The van der Waals surface area contributed by atoms with Gasteiger partial charge in [0.2, 0.25) is 0 Å². The van der Waals surface area contributed by atoms with Crippen molar-refractivity contribution in [3.8, 4) is 0 Å². The zero-order valence-electron chi connectivity index (χ0n) is 11.5. The van der Waals surface area contributed by atoms with Crippen LogP contribution in [0.5, 0.6) is 0 Å². The Morgan fingerprint density at radius 2 is 2.35 bits per heavy atom. The molecule has 0 aromatic heterocycles. The summed E-state index contributed by atoms with van der Waals surface area (Å²) in [5.41, 5.74) is 2.97. The maximum Gasteiger partial charge on any atom is 0.293 e. The number of rotatable bonds is 6. The van der Waals surface area contributed by atoms with Gasteiger partial charge in [-0.15, -0.1) is 0 Å². The molecule has 0 spiro atoms. The molecule has 0 fully saturated rings. The minimum atomic E-state index is 0.225. The summed E-state index contributed by atoms with van der Waals surface area (Å²) in [6.45, 7) is 14.1. The van der Waals surface area contributed by atoms with Gasteiger partial charge in [0, 0.05) is 0 Å². The van der Waals surface area contributed by atoms with Crippen LogP contribution in [0.3, 0.4) is 0 Å². The molecule has 0 amide bonds. The van der Waals surface area contributed by atoms with Crippen LogP contribution in [-0.2, 0) is 9.53 Å². The second-order valence-electron chi connectivity index (χ2n) is 5.79. The first-order chi connectivity index (χ1) is 7.89. The van der Waals surface area contributed by atoms with Crippen molar-refractivity contribution >= 4 is 6.47 Å². The van der Waals surface area contributed by atoms with E-state index in [1.54, 1.807) is 0 Å². The van der Waals surface area contributed by atoms with E-state index in [1.807, 2.05) is 0 Å². The van der Waals surface area contributed by atoms with Crippen LogP contribution in [0.15, 0.2) is 23.8 Å². The van der Waals surface area contributed by atoms with E-state index in [0.717, 1.165) is 12.8 Å². The fourth-order valence-electron chi connectivity index (χ4n) is 2.66. The molecule has 1 rings (SSSR count). The minimum absolute atomic E-state index is 0.225. The van der Waals surface area contributed by atoms with E-state index in [0.29, 0.717) is 24.9 Å². The summed E-state index contributed by atoms with van der Waals surface area (Å²) in [4.78, 5) is 10.1. The van der Waals surface area contributed by atoms with Crippen LogP contribution >= 0.6 is 0 Å². The quantitative estimate of drug-likeness (QED) is 0.519. The van der Waals surface area contributed by atoms with Gasteiger partial charge in [-0.05, 0) is 37.0 Å². The standard InChI is InChI=1S/C15H24O2/c1-11(9-17-10-16)8-12(2)14-7-6-13(3)15(14,4)5/h6,10-11,14H,2,7-9H2,1,3-5H3/t11?,14-/m1/s1. The molecule has 0 aliphatic heterocycles. The molecule has 2 atom stereocenters. The van der Waals surface area contributed by atoms with Gasteiger partial charge in [-0.2, -0.15) is 0 Å². The first-order valence-corrected chi connectivity index (χ1v) is 6.29. The predicted octanol–water partition coefficient (Wildman–Crippen LogP) is 3.73. The van der Waals surface area contributed by atoms with E-state index in [-0.39, 0.29) is 5.41 Å². The number of hydrogen-bond acceptors (Lipinski definition) is 2. The monoisotopic (exact) mass is 236 g/mol. The summed E-state index contributed by atoms with van der Waals surface area (Å²) in [6.07, 6.45) is 4.35. The van der Waals surface area contributed by atoms with Crippen molar-refractivity contribution in [1.82, 2.24) is 0 Å². The summed E-state index contributed by atoms with van der Waals surface area (Å²) in [5.74, 6) is 0.880. The van der Waals surface area contributed by atoms with Crippen molar-refractivity contribution in [3.63, 3.8) is 0 Å². The number of carbonyl (C=O) groups is 1. The molecule has 0 saturated heterocycles. The lowest BCUT2D eigenvalue weighted by Crippen LogP contribution is -2.23. The third-order valence-corrected chi connectivity index (χ3v) is 4.10. The van der Waals surface area contributed by atoms with E-state index in [2.05, 4.69) is 40.3 Å². The average Bonchev–Trinajstić information content (AvgIpc) is 2.51. The number of allylic oxidation sites excluding steroid dienone is 3. The van der Waals surface area contributed by atoms with Gasteiger partial charge in [0.05, 0.1) is 6.61 Å². The topological polar surface area (TPSA) is 26.3 Å². The molecular weight excluding hydrogens is 212 g/mol. The summed E-state index contributed by atoms with van der Waals surface area (Å²) in [6, 6.07) is 0. The molecule has 17 heavy (non-hydrogen) atoms. The molecule has 1 aliphatic carbocycles. The highest BCUT2D eigenvalue weighted by Gasteiger charge is 2.36. The Labute approximate surface area is 105 Å². The van der Waals surface area contributed by atoms with Crippen LogP contribution in [0, 0.1) is 17.3 Å². The van der Waals surface area contributed by atoms with Gasteiger partial charge >= 0.3 is 0 Å². The van der Waals surface area contributed by atoms with Crippen LogP contribution in [0.1, 0.15) is 40.5 Å². The third kappa shape index (κ3) is 3.21. The molecule has 0 N–H and O–H groups in total. The highest BCUT2D eigenvalue weighted by atomic mass is 16.5. The summed E-state index contributed by atoms with van der Waals surface area (Å²) in [5, 5.41) is 0.